The summed E-state index contributed by atoms with van der Waals surface area (Å²) in [4.78, 5) is 16.5. The van der Waals surface area contributed by atoms with Crippen LogP contribution < -0.4 is 4.90 Å². The first-order valence-corrected chi connectivity index (χ1v) is 8.14. The molecule has 4 nitrogen and oxygen atoms in total. The molecule has 2 atom stereocenters. The van der Waals surface area contributed by atoms with Crippen LogP contribution in [0.1, 0.15) is 27.2 Å². The SMILES string of the molecule is CC(C)(C)OC(=O)N1C[C@@H]2C[C@@H]1CN2c1ccc(Br)cc1. The molecule has 1 aromatic carbocycles. The highest BCUT2D eigenvalue weighted by Gasteiger charge is 2.46. The summed E-state index contributed by atoms with van der Waals surface area (Å²) in [7, 11) is 0. The summed E-state index contributed by atoms with van der Waals surface area (Å²) in [5, 5.41) is 0. The van der Waals surface area contributed by atoms with Crippen LogP contribution in [0, 0.1) is 0 Å². The van der Waals surface area contributed by atoms with Gasteiger partial charge in [0.2, 0.25) is 0 Å². The molecule has 1 aromatic rings. The van der Waals surface area contributed by atoms with Crippen LogP contribution in [0.15, 0.2) is 28.7 Å². The second-order valence-electron chi connectivity index (χ2n) is 6.80. The average molecular weight is 353 g/mol. The minimum atomic E-state index is -0.426. The lowest BCUT2D eigenvalue weighted by molar-refractivity contribution is 0.0215. The number of carbonyl (C=O) groups excluding carboxylic acids is 1. The van der Waals surface area contributed by atoms with E-state index in [-0.39, 0.29) is 12.1 Å². The second kappa shape index (κ2) is 5.20. The number of nitrogens with zero attached hydrogens (tertiary/aromatic N) is 2. The lowest BCUT2D eigenvalue weighted by atomic mass is 10.2. The zero-order chi connectivity index (χ0) is 15.2. The van der Waals surface area contributed by atoms with Gasteiger partial charge in [0.05, 0.1) is 6.04 Å². The fourth-order valence-electron chi connectivity index (χ4n) is 3.16. The van der Waals surface area contributed by atoms with E-state index < -0.39 is 5.60 Å². The lowest BCUT2D eigenvalue weighted by Crippen LogP contribution is -2.50. The lowest BCUT2D eigenvalue weighted by Gasteiger charge is -2.36. The molecular weight excluding hydrogens is 332 g/mol. The molecule has 0 aliphatic carbocycles. The van der Waals surface area contributed by atoms with Gasteiger partial charge in [0.15, 0.2) is 0 Å². The van der Waals surface area contributed by atoms with E-state index in [0.29, 0.717) is 6.04 Å². The van der Waals surface area contributed by atoms with Crippen molar-refractivity contribution in [3.05, 3.63) is 28.7 Å². The fraction of sp³-hybridized carbons (Fsp3) is 0.562. The summed E-state index contributed by atoms with van der Waals surface area (Å²) < 4.78 is 6.58. The molecule has 0 N–H and O–H groups in total. The molecule has 0 radical (unpaired) electrons. The number of carbonyl (C=O) groups is 1. The smallest absolute Gasteiger partial charge is 0.410 e. The normalized spacial score (nSPS) is 24.6. The molecule has 2 fully saturated rings. The van der Waals surface area contributed by atoms with Crippen LogP contribution in [0.4, 0.5) is 10.5 Å². The van der Waals surface area contributed by atoms with Crippen molar-refractivity contribution in [2.24, 2.45) is 0 Å². The number of amides is 1. The Balaban J connectivity index is 1.66. The second-order valence-corrected chi connectivity index (χ2v) is 7.72. The number of rotatable bonds is 1. The van der Waals surface area contributed by atoms with Crippen molar-refractivity contribution in [1.29, 1.82) is 0 Å². The Morgan fingerprint density at radius 1 is 1.19 bits per heavy atom. The van der Waals surface area contributed by atoms with Gasteiger partial charge in [-0.3, -0.25) is 0 Å². The zero-order valence-corrected chi connectivity index (χ0v) is 14.3. The number of piperazine rings is 1. The van der Waals surface area contributed by atoms with Crippen molar-refractivity contribution < 1.29 is 9.53 Å². The zero-order valence-electron chi connectivity index (χ0n) is 12.7. The van der Waals surface area contributed by atoms with Crippen LogP contribution in [-0.4, -0.2) is 41.8 Å². The van der Waals surface area contributed by atoms with Gasteiger partial charge in [-0.2, -0.15) is 0 Å². The van der Waals surface area contributed by atoms with Crippen LogP contribution >= 0.6 is 15.9 Å². The highest BCUT2D eigenvalue weighted by molar-refractivity contribution is 9.10. The molecule has 0 saturated carbocycles. The highest BCUT2D eigenvalue weighted by Crippen LogP contribution is 2.35. The molecule has 2 aliphatic heterocycles. The quantitative estimate of drug-likeness (QED) is 0.773. The number of fused-ring (bicyclic) bond motifs is 2. The molecule has 2 bridgehead atoms. The molecule has 1 amide bonds. The van der Waals surface area contributed by atoms with E-state index in [1.807, 2.05) is 25.7 Å². The average Bonchev–Trinajstić information content (AvgIpc) is 2.97. The van der Waals surface area contributed by atoms with Crippen LogP contribution in [0.25, 0.3) is 0 Å². The van der Waals surface area contributed by atoms with Gasteiger partial charge in [-0.05, 0) is 51.5 Å². The number of ether oxygens (including phenoxy) is 1. The predicted molar refractivity (Wildman–Crippen MR) is 86.6 cm³/mol. The molecule has 114 valence electrons. The summed E-state index contributed by atoms with van der Waals surface area (Å²) in [6, 6.07) is 9.06. The van der Waals surface area contributed by atoms with Gasteiger partial charge in [-0.1, -0.05) is 15.9 Å². The van der Waals surface area contributed by atoms with Crippen molar-refractivity contribution in [1.82, 2.24) is 4.90 Å². The van der Waals surface area contributed by atoms with Gasteiger partial charge in [-0.15, -0.1) is 0 Å². The van der Waals surface area contributed by atoms with Gasteiger partial charge in [0.1, 0.15) is 5.60 Å². The predicted octanol–water partition coefficient (Wildman–Crippen LogP) is 3.65. The van der Waals surface area contributed by atoms with Gasteiger partial charge in [0, 0.05) is 29.3 Å². The van der Waals surface area contributed by atoms with E-state index in [0.717, 1.165) is 24.0 Å². The van der Waals surface area contributed by atoms with Gasteiger partial charge < -0.3 is 14.5 Å². The highest BCUT2D eigenvalue weighted by atomic mass is 79.9. The Labute approximate surface area is 134 Å². The Kier molecular flexibility index (Phi) is 3.64. The Morgan fingerprint density at radius 2 is 1.86 bits per heavy atom. The van der Waals surface area contributed by atoms with Gasteiger partial charge in [0.25, 0.3) is 0 Å². The van der Waals surface area contributed by atoms with Crippen molar-refractivity contribution in [3.8, 4) is 0 Å². The Hall–Kier alpha value is -1.23. The third-order valence-electron chi connectivity index (χ3n) is 4.03. The largest absolute Gasteiger partial charge is 0.444 e. The first kappa shape index (κ1) is 14.7. The number of hydrogen-bond acceptors (Lipinski definition) is 3. The van der Waals surface area contributed by atoms with Gasteiger partial charge in [-0.25, -0.2) is 4.79 Å². The van der Waals surface area contributed by atoms with Crippen LogP contribution in [-0.2, 0) is 4.74 Å². The maximum atomic E-state index is 12.2. The van der Waals surface area contributed by atoms with Crippen LogP contribution in [0.5, 0.6) is 0 Å². The maximum Gasteiger partial charge on any atom is 0.410 e. The molecule has 5 heteroatoms. The molecule has 3 rings (SSSR count). The Bertz CT molecular complexity index is 538. The van der Waals surface area contributed by atoms with E-state index in [1.54, 1.807) is 0 Å². The number of halogens is 1. The first-order valence-electron chi connectivity index (χ1n) is 7.35. The fourth-order valence-corrected chi connectivity index (χ4v) is 3.42. The molecule has 2 aliphatic rings. The monoisotopic (exact) mass is 352 g/mol. The number of anilines is 1. The molecule has 0 spiro atoms. The Morgan fingerprint density at radius 3 is 2.38 bits per heavy atom. The van der Waals surface area contributed by atoms with E-state index in [4.69, 9.17) is 4.74 Å². The molecule has 0 aromatic heterocycles. The minimum Gasteiger partial charge on any atom is -0.444 e. The number of hydrogen-bond donors (Lipinski definition) is 0. The standard InChI is InChI=1S/C16H21BrN2O2/c1-16(2,3)21-15(20)19-10-13-8-14(19)9-18(13)12-6-4-11(17)5-7-12/h4-7,13-14H,8-10H2,1-3H3/t13-,14+/m0/s1. The number of benzene rings is 1. The number of likely N-dealkylation sites (tertiary alicyclic amines) is 1. The molecule has 0 unspecified atom stereocenters. The van der Waals surface area contributed by atoms with Crippen molar-refractivity contribution in [2.75, 3.05) is 18.0 Å². The van der Waals surface area contributed by atoms with Crippen LogP contribution in [0.2, 0.25) is 0 Å². The molecule has 2 saturated heterocycles. The van der Waals surface area contributed by atoms with Crippen molar-refractivity contribution in [2.45, 2.75) is 44.9 Å². The topological polar surface area (TPSA) is 32.8 Å². The minimum absolute atomic E-state index is 0.176. The summed E-state index contributed by atoms with van der Waals surface area (Å²) in [6.07, 6.45) is 0.862. The van der Waals surface area contributed by atoms with Crippen LogP contribution in [0.3, 0.4) is 0 Å². The van der Waals surface area contributed by atoms with E-state index in [1.165, 1.54) is 5.69 Å². The van der Waals surface area contributed by atoms with E-state index in [2.05, 4.69) is 45.1 Å². The third kappa shape index (κ3) is 3.03. The first-order chi connectivity index (χ1) is 9.83. The molecular formula is C16H21BrN2O2. The third-order valence-corrected chi connectivity index (χ3v) is 4.56. The van der Waals surface area contributed by atoms with Gasteiger partial charge >= 0.3 is 6.09 Å². The summed E-state index contributed by atoms with van der Waals surface area (Å²) in [5.41, 5.74) is 0.805. The summed E-state index contributed by atoms with van der Waals surface area (Å²) in [6.45, 7) is 7.38. The van der Waals surface area contributed by atoms with E-state index in [9.17, 15) is 4.79 Å². The van der Waals surface area contributed by atoms with Crippen molar-refractivity contribution >= 4 is 27.7 Å². The summed E-state index contributed by atoms with van der Waals surface area (Å²) >= 11 is 3.46. The molecule has 2 heterocycles. The van der Waals surface area contributed by atoms with E-state index >= 15 is 0 Å². The molecule has 21 heavy (non-hydrogen) atoms. The van der Waals surface area contributed by atoms with Crippen molar-refractivity contribution in [3.63, 3.8) is 0 Å². The maximum absolute atomic E-state index is 12.2. The summed E-state index contributed by atoms with van der Waals surface area (Å²) in [5.74, 6) is 0.